The Labute approximate surface area is 129 Å². The second kappa shape index (κ2) is 5.00. The molecule has 0 aliphatic rings. The summed E-state index contributed by atoms with van der Waals surface area (Å²) in [5, 5.41) is 1.64. The molecule has 3 nitrogen and oxygen atoms in total. The summed E-state index contributed by atoms with van der Waals surface area (Å²) in [7, 11) is 0. The van der Waals surface area contributed by atoms with Crippen molar-refractivity contribution in [3.63, 3.8) is 0 Å². The van der Waals surface area contributed by atoms with Crippen LogP contribution in [0.25, 0.3) is 10.9 Å². The molecule has 19 heavy (non-hydrogen) atoms. The average molecular weight is 365 g/mol. The highest BCUT2D eigenvalue weighted by molar-refractivity contribution is 9.10. The average Bonchev–Trinajstić information content (AvgIpc) is 2.55. The molecule has 0 N–H and O–H groups in total. The molecule has 0 unspecified atom stereocenters. The molecular formula is C13H12BrCl2NO2. The van der Waals surface area contributed by atoms with Gasteiger partial charge in [0.1, 0.15) is 5.60 Å². The Morgan fingerprint density at radius 2 is 1.84 bits per heavy atom. The van der Waals surface area contributed by atoms with E-state index in [0.29, 0.717) is 15.6 Å². The van der Waals surface area contributed by atoms with Gasteiger partial charge >= 0.3 is 6.09 Å². The lowest BCUT2D eigenvalue weighted by Gasteiger charge is -2.19. The summed E-state index contributed by atoms with van der Waals surface area (Å²) in [4.78, 5) is 12.1. The number of ether oxygens (including phenoxy) is 1. The van der Waals surface area contributed by atoms with Crippen LogP contribution in [0.1, 0.15) is 20.8 Å². The molecule has 0 aliphatic heterocycles. The van der Waals surface area contributed by atoms with Crippen LogP contribution in [0.3, 0.4) is 0 Å². The van der Waals surface area contributed by atoms with E-state index in [1.54, 1.807) is 18.3 Å². The van der Waals surface area contributed by atoms with Crippen LogP contribution >= 0.6 is 39.1 Å². The summed E-state index contributed by atoms with van der Waals surface area (Å²) in [5.41, 5.74) is 0.0895. The molecule has 0 bridgehead atoms. The third-order valence-corrected chi connectivity index (χ3v) is 3.74. The van der Waals surface area contributed by atoms with Crippen LogP contribution in [0.5, 0.6) is 0 Å². The molecule has 1 heterocycles. The smallest absolute Gasteiger partial charge is 0.419 e. The van der Waals surface area contributed by atoms with E-state index in [0.717, 1.165) is 9.86 Å². The number of halogens is 3. The van der Waals surface area contributed by atoms with Gasteiger partial charge in [-0.2, -0.15) is 0 Å². The largest absolute Gasteiger partial charge is 0.443 e. The van der Waals surface area contributed by atoms with E-state index in [1.165, 1.54) is 4.57 Å². The van der Waals surface area contributed by atoms with Gasteiger partial charge in [-0.3, -0.25) is 4.57 Å². The van der Waals surface area contributed by atoms with Crippen molar-refractivity contribution in [3.05, 3.63) is 32.8 Å². The van der Waals surface area contributed by atoms with Crippen molar-refractivity contribution < 1.29 is 9.53 Å². The van der Waals surface area contributed by atoms with E-state index in [1.807, 2.05) is 20.8 Å². The van der Waals surface area contributed by atoms with E-state index >= 15 is 0 Å². The maximum absolute atomic E-state index is 12.1. The Hall–Kier alpha value is -0.710. The molecular weight excluding hydrogens is 353 g/mol. The van der Waals surface area contributed by atoms with Gasteiger partial charge in [-0.15, -0.1) is 0 Å². The molecule has 0 atom stereocenters. The lowest BCUT2D eigenvalue weighted by molar-refractivity contribution is 0.0544. The standard InChI is InChI=1S/C13H12BrCl2NO2/c1-13(2,3)19-12(18)17-6-8(14)7-4-9(15)10(16)5-11(7)17/h4-6H,1-3H3. The molecule has 2 aromatic rings. The van der Waals surface area contributed by atoms with Crippen molar-refractivity contribution in [2.24, 2.45) is 0 Å². The third kappa shape index (κ3) is 3.07. The number of hydrogen-bond donors (Lipinski definition) is 0. The Bertz CT molecular complexity index is 659. The van der Waals surface area contributed by atoms with Crippen molar-refractivity contribution >= 4 is 56.1 Å². The van der Waals surface area contributed by atoms with E-state index in [2.05, 4.69) is 15.9 Å². The lowest BCUT2D eigenvalue weighted by Crippen LogP contribution is -2.26. The Morgan fingerprint density at radius 1 is 1.26 bits per heavy atom. The predicted molar refractivity (Wildman–Crippen MR) is 81.3 cm³/mol. The Kier molecular flexibility index (Phi) is 3.87. The number of hydrogen-bond acceptors (Lipinski definition) is 2. The topological polar surface area (TPSA) is 31.2 Å². The number of carbonyl (C=O) groups excluding carboxylic acids is 1. The molecule has 102 valence electrons. The highest BCUT2D eigenvalue weighted by Gasteiger charge is 2.21. The van der Waals surface area contributed by atoms with Crippen molar-refractivity contribution in [1.29, 1.82) is 0 Å². The third-order valence-electron chi connectivity index (χ3n) is 2.39. The SMILES string of the molecule is CC(C)(C)OC(=O)n1cc(Br)c2cc(Cl)c(Cl)cc21. The summed E-state index contributed by atoms with van der Waals surface area (Å²) in [6, 6.07) is 3.36. The molecule has 0 spiro atoms. The Balaban J connectivity index is 2.56. The fourth-order valence-electron chi connectivity index (χ4n) is 1.64. The molecule has 1 aromatic heterocycles. The van der Waals surface area contributed by atoms with Gasteiger partial charge in [-0.05, 0) is 48.8 Å². The molecule has 0 saturated heterocycles. The van der Waals surface area contributed by atoms with Crippen LogP contribution < -0.4 is 0 Å². The molecule has 0 aliphatic carbocycles. The molecule has 6 heteroatoms. The maximum Gasteiger partial charge on any atom is 0.419 e. The number of fused-ring (bicyclic) bond motifs is 1. The van der Waals surface area contributed by atoms with E-state index in [-0.39, 0.29) is 0 Å². The monoisotopic (exact) mass is 363 g/mol. The minimum atomic E-state index is -0.559. The minimum Gasteiger partial charge on any atom is -0.443 e. The van der Waals surface area contributed by atoms with Gasteiger partial charge in [0.2, 0.25) is 0 Å². The van der Waals surface area contributed by atoms with Crippen LogP contribution in [-0.2, 0) is 4.74 Å². The Morgan fingerprint density at radius 3 is 2.42 bits per heavy atom. The number of nitrogens with zero attached hydrogens (tertiary/aromatic N) is 1. The number of benzene rings is 1. The number of rotatable bonds is 0. The van der Waals surface area contributed by atoms with E-state index in [4.69, 9.17) is 27.9 Å². The zero-order valence-electron chi connectivity index (χ0n) is 10.6. The normalized spacial score (nSPS) is 11.9. The second-order valence-corrected chi connectivity index (χ2v) is 6.78. The zero-order valence-corrected chi connectivity index (χ0v) is 13.7. The first kappa shape index (κ1) is 14.7. The summed E-state index contributed by atoms with van der Waals surface area (Å²) in [6.07, 6.45) is 1.19. The van der Waals surface area contributed by atoms with Crippen LogP contribution in [-0.4, -0.2) is 16.3 Å². The van der Waals surface area contributed by atoms with Gasteiger partial charge in [0.05, 0.1) is 15.6 Å². The fraction of sp³-hybridized carbons (Fsp3) is 0.308. The van der Waals surface area contributed by atoms with Crippen molar-refractivity contribution in [3.8, 4) is 0 Å². The highest BCUT2D eigenvalue weighted by atomic mass is 79.9. The summed E-state index contributed by atoms with van der Waals surface area (Å²) < 4.78 is 7.51. The molecule has 1 aromatic carbocycles. The van der Waals surface area contributed by atoms with Crippen molar-refractivity contribution in [2.45, 2.75) is 26.4 Å². The number of aromatic nitrogens is 1. The highest BCUT2D eigenvalue weighted by Crippen LogP contribution is 2.33. The van der Waals surface area contributed by atoms with Crippen LogP contribution in [0, 0.1) is 0 Å². The van der Waals surface area contributed by atoms with E-state index in [9.17, 15) is 4.79 Å². The molecule has 0 fully saturated rings. The maximum atomic E-state index is 12.1. The summed E-state index contributed by atoms with van der Waals surface area (Å²) >= 11 is 15.4. The fourth-order valence-corrected chi connectivity index (χ4v) is 2.49. The van der Waals surface area contributed by atoms with Gasteiger partial charge in [0.25, 0.3) is 0 Å². The van der Waals surface area contributed by atoms with E-state index < -0.39 is 11.7 Å². The van der Waals surface area contributed by atoms with Gasteiger partial charge in [0.15, 0.2) is 0 Å². The zero-order chi connectivity index (χ0) is 14.4. The van der Waals surface area contributed by atoms with Gasteiger partial charge in [-0.1, -0.05) is 23.2 Å². The molecule has 0 saturated carbocycles. The van der Waals surface area contributed by atoms with Gasteiger partial charge < -0.3 is 4.74 Å². The lowest BCUT2D eigenvalue weighted by atomic mass is 10.2. The van der Waals surface area contributed by atoms with Crippen LogP contribution in [0.2, 0.25) is 10.0 Å². The van der Waals surface area contributed by atoms with Crippen LogP contribution in [0.4, 0.5) is 4.79 Å². The van der Waals surface area contributed by atoms with Crippen molar-refractivity contribution in [1.82, 2.24) is 4.57 Å². The summed E-state index contributed by atoms with van der Waals surface area (Å²) in [6.45, 7) is 5.44. The van der Waals surface area contributed by atoms with Crippen molar-refractivity contribution in [2.75, 3.05) is 0 Å². The summed E-state index contributed by atoms with van der Waals surface area (Å²) in [5.74, 6) is 0. The predicted octanol–water partition coefficient (Wildman–Crippen LogP) is 5.49. The second-order valence-electron chi connectivity index (χ2n) is 5.11. The molecule has 0 radical (unpaired) electrons. The molecule has 0 amide bonds. The van der Waals surface area contributed by atoms with Gasteiger partial charge in [0, 0.05) is 16.1 Å². The molecule has 2 rings (SSSR count). The van der Waals surface area contributed by atoms with Gasteiger partial charge in [-0.25, -0.2) is 4.79 Å². The van der Waals surface area contributed by atoms with Crippen LogP contribution in [0.15, 0.2) is 22.8 Å². The first-order valence-electron chi connectivity index (χ1n) is 5.58. The first-order valence-corrected chi connectivity index (χ1v) is 7.13. The minimum absolute atomic E-state index is 0.393. The number of carbonyl (C=O) groups is 1. The quantitative estimate of drug-likeness (QED) is 0.618. The first-order chi connectivity index (χ1) is 8.69.